The second-order valence-electron chi connectivity index (χ2n) is 8.24. The number of fused-ring (bicyclic) bond motifs is 2. The zero-order valence-corrected chi connectivity index (χ0v) is 18.9. The van der Waals surface area contributed by atoms with E-state index in [4.69, 9.17) is 21.9 Å². The van der Waals surface area contributed by atoms with Crippen molar-refractivity contribution in [3.8, 4) is 28.5 Å². The maximum atomic E-state index is 13.6. The molecule has 5 aromatic rings. The topological polar surface area (TPSA) is 68.6 Å². The maximum Gasteiger partial charge on any atom is 0.213 e. The standard InChI is InChI=1S/C26H20FN5OS/c27-18-8-5-17(6-9-18)24-25(21-13-14-28-26(34)30-21)32-19(10-11-22(32)31-24)15-33-23-12-7-16-3-1-2-4-20(16)29-23/h1-9,12-14,19H,10-11,15H2,(H,28,30,34). The first-order chi connectivity index (χ1) is 16.7. The van der Waals surface area contributed by atoms with Crippen molar-refractivity contribution in [2.75, 3.05) is 6.61 Å². The number of aryl methyl sites for hydroxylation is 1. The van der Waals surface area contributed by atoms with Gasteiger partial charge < -0.3 is 14.3 Å². The maximum absolute atomic E-state index is 13.6. The number of imidazole rings is 1. The molecule has 34 heavy (non-hydrogen) atoms. The van der Waals surface area contributed by atoms with E-state index in [-0.39, 0.29) is 11.9 Å². The number of rotatable bonds is 5. The summed E-state index contributed by atoms with van der Waals surface area (Å²) < 4.78 is 22.3. The van der Waals surface area contributed by atoms with Crippen LogP contribution in [0.2, 0.25) is 0 Å². The number of nitrogens with zero attached hydrogens (tertiary/aromatic N) is 4. The van der Waals surface area contributed by atoms with Crippen LogP contribution in [0.4, 0.5) is 4.39 Å². The minimum Gasteiger partial charge on any atom is -0.475 e. The van der Waals surface area contributed by atoms with Gasteiger partial charge in [-0.25, -0.2) is 19.3 Å². The number of halogens is 1. The molecule has 0 radical (unpaired) electrons. The van der Waals surface area contributed by atoms with Crippen LogP contribution >= 0.6 is 12.2 Å². The summed E-state index contributed by atoms with van der Waals surface area (Å²) in [6.07, 6.45) is 3.40. The van der Waals surface area contributed by atoms with E-state index in [1.165, 1.54) is 12.1 Å². The number of benzene rings is 2. The SMILES string of the molecule is Fc1ccc(-c2nc3n(c2-c2ccnc(=S)[nH]2)C(COc2ccc4ccccc4n2)CC3)cc1. The predicted octanol–water partition coefficient (Wildman–Crippen LogP) is 5.92. The van der Waals surface area contributed by atoms with Crippen LogP contribution in [0, 0.1) is 10.6 Å². The highest BCUT2D eigenvalue weighted by Crippen LogP contribution is 2.39. The van der Waals surface area contributed by atoms with Gasteiger partial charge in [0.1, 0.15) is 18.2 Å². The summed E-state index contributed by atoms with van der Waals surface area (Å²) in [5, 5.41) is 1.08. The second-order valence-corrected chi connectivity index (χ2v) is 8.62. The first kappa shape index (κ1) is 20.7. The average molecular weight is 470 g/mol. The van der Waals surface area contributed by atoms with Crippen molar-refractivity contribution in [3.05, 3.63) is 89.3 Å². The normalized spacial score (nSPS) is 14.9. The fourth-order valence-electron chi connectivity index (χ4n) is 4.51. The molecule has 2 aromatic carbocycles. The van der Waals surface area contributed by atoms with Crippen LogP contribution in [0.3, 0.4) is 0 Å². The van der Waals surface area contributed by atoms with Gasteiger partial charge >= 0.3 is 0 Å². The molecule has 0 saturated heterocycles. The van der Waals surface area contributed by atoms with Crippen LogP contribution in [-0.4, -0.2) is 31.1 Å². The van der Waals surface area contributed by atoms with E-state index in [2.05, 4.69) is 19.5 Å². The highest BCUT2D eigenvalue weighted by atomic mass is 32.1. The number of nitrogens with one attached hydrogen (secondary N) is 1. The summed E-state index contributed by atoms with van der Waals surface area (Å²) in [6, 6.07) is 20.2. The first-order valence-electron chi connectivity index (χ1n) is 11.1. The van der Waals surface area contributed by atoms with Crippen LogP contribution in [-0.2, 0) is 6.42 Å². The molecule has 4 heterocycles. The largest absolute Gasteiger partial charge is 0.475 e. The lowest BCUT2D eigenvalue weighted by molar-refractivity contribution is 0.248. The molecule has 1 aliphatic rings. The Labute approximate surface area is 200 Å². The average Bonchev–Trinajstić information content (AvgIpc) is 3.42. The third kappa shape index (κ3) is 3.76. The van der Waals surface area contributed by atoms with Gasteiger partial charge in [-0.2, -0.15) is 0 Å². The van der Waals surface area contributed by atoms with Gasteiger partial charge in [-0.15, -0.1) is 0 Å². The van der Waals surface area contributed by atoms with Gasteiger partial charge in [0.05, 0.1) is 28.6 Å². The molecule has 8 heteroatoms. The monoisotopic (exact) mass is 469 g/mol. The van der Waals surface area contributed by atoms with E-state index in [9.17, 15) is 4.39 Å². The van der Waals surface area contributed by atoms with Crippen LogP contribution in [0.1, 0.15) is 18.3 Å². The number of aromatic nitrogens is 5. The van der Waals surface area contributed by atoms with Crippen molar-refractivity contribution in [1.82, 2.24) is 24.5 Å². The molecule has 0 fully saturated rings. The van der Waals surface area contributed by atoms with Crippen LogP contribution in [0.5, 0.6) is 5.88 Å². The van der Waals surface area contributed by atoms with Crippen molar-refractivity contribution < 1.29 is 9.13 Å². The van der Waals surface area contributed by atoms with Crippen molar-refractivity contribution in [2.45, 2.75) is 18.9 Å². The van der Waals surface area contributed by atoms with Gasteiger partial charge in [0.15, 0.2) is 4.77 Å². The van der Waals surface area contributed by atoms with Crippen LogP contribution in [0.25, 0.3) is 33.5 Å². The Balaban J connectivity index is 1.38. The molecule has 168 valence electrons. The van der Waals surface area contributed by atoms with Gasteiger partial charge in [0, 0.05) is 29.6 Å². The van der Waals surface area contributed by atoms with Crippen molar-refractivity contribution in [3.63, 3.8) is 0 Å². The summed E-state index contributed by atoms with van der Waals surface area (Å²) in [5.74, 6) is 1.27. The number of hydrogen-bond acceptors (Lipinski definition) is 5. The van der Waals surface area contributed by atoms with Gasteiger partial charge in [0.25, 0.3) is 0 Å². The van der Waals surface area contributed by atoms with E-state index in [1.54, 1.807) is 18.3 Å². The summed E-state index contributed by atoms with van der Waals surface area (Å²) in [7, 11) is 0. The van der Waals surface area contributed by atoms with Gasteiger partial charge in [0.2, 0.25) is 5.88 Å². The molecule has 3 aromatic heterocycles. The molecular weight excluding hydrogens is 449 g/mol. The molecule has 0 bridgehead atoms. The molecular formula is C26H20FN5OS. The summed E-state index contributed by atoms with van der Waals surface area (Å²) >= 11 is 5.28. The van der Waals surface area contributed by atoms with Crippen molar-refractivity contribution in [1.29, 1.82) is 0 Å². The first-order valence-corrected chi connectivity index (χ1v) is 11.5. The smallest absolute Gasteiger partial charge is 0.213 e. The van der Waals surface area contributed by atoms with E-state index >= 15 is 0 Å². The Hall–Kier alpha value is -3.91. The molecule has 1 unspecified atom stereocenters. The number of H-pyrrole nitrogens is 1. The Kier molecular flexibility index (Phi) is 5.15. The molecule has 0 amide bonds. The van der Waals surface area contributed by atoms with Crippen molar-refractivity contribution >= 4 is 23.1 Å². The Bertz CT molecular complexity index is 1560. The number of para-hydroxylation sites is 1. The number of ether oxygens (including phenoxy) is 1. The third-order valence-corrected chi connectivity index (χ3v) is 6.30. The zero-order valence-electron chi connectivity index (χ0n) is 18.1. The molecule has 0 saturated carbocycles. The fourth-order valence-corrected chi connectivity index (χ4v) is 4.68. The van der Waals surface area contributed by atoms with Crippen LogP contribution < -0.4 is 4.74 Å². The highest BCUT2D eigenvalue weighted by molar-refractivity contribution is 7.71. The number of aromatic amines is 1. The number of pyridine rings is 1. The molecule has 6 rings (SSSR count). The Morgan fingerprint density at radius 3 is 2.74 bits per heavy atom. The van der Waals surface area contributed by atoms with Gasteiger partial charge in [-0.3, -0.25) is 0 Å². The summed E-state index contributed by atoms with van der Waals surface area (Å²) in [5.41, 5.74) is 4.23. The van der Waals surface area contributed by atoms with Crippen molar-refractivity contribution in [2.24, 2.45) is 0 Å². The second kappa shape index (κ2) is 8.46. The van der Waals surface area contributed by atoms with E-state index in [0.717, 1.165) is 52.2 Å². The summed E-state index contributed by atoms with van der Waals surface area (Å²) in [6.45, 7) is 0.455. The van der Waals surface area contributed by atoms with E-state index < -0.39 is 0 Å². The molecule has 0 spiro atoms. The lowest BCUT2D eigenvalue weighted by Gasteiger charge is -2.18. The molecule has 1 atom stereocenters. The van der Waals surface area contributed by atoms with Gasteiger partial charge in [-0.1, -0.05) is 18.2 Å². The lowest BCUT2D eigenvalue weighted by Crippen LogP contribution is -2.15. The zero-order chi connectivity index (χ0) is 23.1. The minimum absolute atomic E-state index is 0.0649. The minimum atomic E-state index is -0.283. The van der Waals surface area contributed by atoms with E-state index in [0.29, 0.717) is 17.3 Å². The number of hydrogen-bond donors (Lipinski definition) is 1. The molecule has 6 nitrogen and oxygen atoms in total. The lowest BCUT2D eigenvalue weighted by atomic mass is 10.1. The highest BCUT2D eigenvalue weighted by Gasteiger charge is 2.31. The fraction of sp³-hybridized carbons (Fsp3) is 0.154. The Morgan fingerprint density at radius 2 is 1.88 bits per heavy atom. The van der Waals surface area contributed by atoms with E-state index in [1.807, 2.05) is 42.5 Å². The summed E-state index contributed by atoms with van der Waals surface area (Å²) in [4.78, 5) is 16.9. The van der Waals surface area contributed by atoms with Gasteiger partial charge in [-0.05, 0) is 61.1 Å². The predicted molar refractivity (Wildman–Crippen MR) is 131 cm³/mol. The quantitative estimate of drug-likeness (QED) is 0.324. The molecule has 1 N–H and O–H groups in total. The van der Waals surface area contributed by atoms with Crippen LogP contribution in [0.15, 0.2) is 72.9 Å². The molecule has 0 aliphatic carbocycles. The Morgan fingerprint density at radius 1 is 1.03 bits per heavy atom. The molecule has 1 aliphatic heterocycles. The third-order valence-electron chi connectivity index (χ3n) is 6.09.